The van der Waals surface area contributed by atoms with Crippen molar-refractivity contribution in [3.8, 4) is 0 Å². The van der Waals surface area contributed by atoms with E-state index in [1.165, 1.54) is 4.57 Å². The average molecular weight is 386 g/mol. The van der Waals surface area contributed by atoms with E-state index in [9.17, 15) is 14.4 Å². The second-order valence-corrected chi connectivity index (χ2v) is 6.80. The Hall–Kier alpha value is -2.67. The summed E-state index contributed by atoms with van der Waals surface area (Å²) in [6, 6.07) is 9.05. The van der Waals surface area contributed by atoms with E-state index in [0.29, 0.717) is 11.9 Å². The first-order valence-corrected chi connectivity index (χ1v) is 9.89. The first kappa shape index (κ1) is 21.6. The first-order chi connectivity index (χ1) is 13.5. The van der Waals surface area contributed by atoms with Crippen LogP contribution >= 0.6 is 0 Å². The van der Waals surface area contributed by atoms with E-state index in [4.69, 9.17) is 0 Å². The fraction of sp³-hybridized carbons (Fsp3) is 0.476. The Labute approximate surface area is 165 Å². The summed E-state index contributed by atoms with van der Waals surface area (Å²) in [5, 5.41) is 6.80. The van der Waals surface area contributed by atoms with Crippen LogP contribution in [0, 0.1) is 0 Å². The number of aromatic nitrogens is 1. The van der Waals surface area contributed by atoms with E-state index >= 15 is 0 Å². The zero-order valence-electron chi connectivity index (χ0n) is 16.7. The molecule has 1 heterocycles. The van der Waals surface area contributed by atoms with Crippen LogP contribution in [0.5, 0.6) is 0 Å². The molecule has 28 heavy (non-hydrogen) atoms. The summed E-state index contributed by atoms with van der Waals surface area (Å²) in [7, 11) is 0. The Balaban J connectivity index is 1.77. The number of amides is 2. The van der Waals surface area contributed by atoms with Crippen molar-refractivity contribution in [2.24, 2.45) is 0 Å². The van der Waals surface area contributed by atoms with Gasteiger partial charge in [0.15, 0.2) is 0 Å². The first-order valence-electron chi connectivity index (χ1n) is 9.89. The molecule has 0 radical (unpaired) electrons. The minimum atomic E-state index is -0.369. The summed E-state index contributed by atoms with van der Waals surface area (Å²) in [6.07, 6.45) is 3.76. The zero-order valence-corrected chi connectivity index (χ0v) is 16.7. The van der Waals surface area contributed by atoms with Crippen LogP contribution in [-0.2, 0) is 16.1 Å². The topological polar surface area (TPSA) is 83.4 Å². The third kappa shape index (κ3) is 6.49. The molecule has 0 aliphatic heterocycles. The van der Waals surface area contributed by atoms with Crippen LogP contribution in [-0.4, -0.2) is 54.0 Å². The molecule has 0 unspecified atom stereocenters. The fourth-order valence-electron chi connectivity index (χ4n) is 3.13. The molecule has 0 bridgehead atoms. The summed E-state index contributed by atoms with van der Waals surface area (Å²) < 4.78 is 1.35. The predicted octanol–water partition coefficient (Wildman–Crippen LogP) is 1.36. The lowest BCUT2D eigenvalue weighted by Gasteiger charge is -2.20. The number of nitrogens with zero attached hydrogens (tertiary/aromatic N) is 2. The molecular formula is C21H30N4O3. The van der Waals surface area contributed by atoms with Crippen molar-refractivity contribution < 1.29 is 9.59 Å². The van der Waals surface area contributed by atoms with E-state index in [1.54, 1.807) is 24.4 Å². The number of benzene rings is 1. The van der Waals surface area contributed by atoms with Crippen LogP contribution in [0.15, 0.2) is 41.3 Å². The van der Waals surface area contributed by atoms with Crippen LogP contribution in [0.4, 0.5) is 0 Å². The van der Waals surface area contributed by atoms with Crippen molar-refractivity contribution in [1.29, 1.82) is 0 Å². The van der Waals surface area contributed by atoms with Crippen molar-refractivity contribution in [1.82, 2.24) is 20.1 Å². The van der Waals surface area contributed by atoms with E-state index in [-0.39, 0.29) is 30.5 Å². The third-order valence-corrected chi connectivity index (χ3v) is 4.48. The standard InChI is InChI=1S/C21H30N4O3/c1-3-11-24(12-4-2)14-10-22-19(26)15-23-20(27)16-25-13-9-17-7-5-6-8-18(17)21(25)28/h5-9,13H,3-4,10-12,14-16H2,1-2H3,(H,22,26)(H,23,27). The van der Waals surface area contributed by atoms with Crippen LogP contribution in [0.3, 0.4) is 0 Å². The number of fused-ring (bicyclic) bond motifs is 1. The Morgan fingerprint density at radius 1 is 0.964 bits per heavy atom. The quantitative estimate of drug-likeness (QED) is 0.611. The molecule has 0 aliphatic carbocycles. The molecule has 2 aromatic rings. The van der Waals surface area contributed by atoms with Gasteiger partial charge in [0, 0.05) is 24.7 Å². The number of carbonyl (C=O) groups excluding carboxylic acids is 2. The maximum Gasteiger partial charge on any atom is 0.258 e. The van der Waals surface area contributed by atoms with Gasteiger partial charge in [-0.2, -0.15) is 0 Å². The molecule has 1 aromatic carbocycles. The van der Waals surface area contributed by atoms with Gasteiger partial charge in [-0.15, -0.1) is 0 Å². The van der Waals surface area contributed by atoms with Gasteiger partial charge in [-0.25, -0.2) is 0 Å². The lowest BCUT2D eigenvalue weighted by atomic mass is 10.2. The van der Waals surface area contributed by atoms with Gasteiger partial charge in [-0.3, -0.25) is 14.4 Å². The van der Waals surface area contributed by atoms with Gasteiger partial charge in [0.1, 0.15) is 6.54 Å². The largest absolute Gasteiger partial charge is 0.353 e. The van der Waals surface area contributed by atoms with E-state index in [2.05, 4.69) is 29.4 Å². The second kappa shape index (κ2) is 11.2. The minimum Gasteiger partial charge on any atom is -0.353 e. The van der Waals surface area contributed by atoms with Gasteiger partial charge >= 0.3 is 0 Å². The summed E-state index contributed by atoms with van der Waals surface area (Å²) in [5.74, 6) is -0.599. The highest BCUT2D eigenvalue weighted by Crippen LogP contribution is 2.07. The molecule has 0 fully saturated rings. The van der Waals surface area contributed by atoms with Crippen molar-refractivity contribution in [2.45, 2.75) is 33.2 Å². The van der Waals surface area contributed by atoms with E-state index in [1.807, 2.05) is 12.1 Å². The predicted molar refractivity (Wildman–Crippen MR) is 111 cm³/mol. The molecule has 2 N–H and O–H groups in total. The van der Waals surface area contributed by atoms with Crippen LogP contribution in [0.2, 0.25) is 0 Å². The maximum absolute atomic E-state index is 12.4. The highest BCUT2D eigenvalue weighted by atomic mass is 16.2. The summed E-state index contributed by atoms with van der Waals surface area (Å²) in [6.45, 7) is 7.45. The van der Waals surface area contributed by atoms with E-state index in [0.717, 1.165) is 37.9 Å². The van der Waals surface area contributed by atoms with Gasteiger partial charge in [0.2, 0.25) is 11.8 Å². The molecule has 1 aromatic heterocycles. The highest BCUT2D eigenvalue weighted by Gasteiger charge is 2.09. The zero-order chi connectivity index (χ0) is 20.4. The Morgan fingerprint density at radius 3 is 2.39 bits per heavy atom. The van der Waals surface area contributed by atoms with Crippen LogP contribution in [0.1, 0.15) is 26.7 Å². The molecule has 0 spiro atoms. The fourth-order valence-corrected chi connectivity index (χ4v) is 3.13. The number of rotatable bonds is 11. The van der Waals surface area contributed by atoms with Crippen molar-refractivity contribution in [2.75, 3.05) is 32.7 Å². The molecule has 0 saturated heterocycles. The van der Waals surface area contributed by atoms with Crippen molar-refractivity contribution >= 4 is 22.6 Å². The average Bonchev–Trinajstić information content (AvgIpc) is 2.69. The van der Waals surface area contributed by atoms with Crippen LogP contribution < -0.4 is 16.2 Å². The molecule has 2 rings (SSSR count). The Bertz CT molecular complexity index is 841. The summed E-state index contributed by atoms with van der Waals surface area (Å²) >= 11 is 0. The maximum atomic E-state index is 12.4. The van der Waals surface area contributed by atoms with Gasteiger partial charge in [0.05, 0.1) is 6.54 Å². The molecular weight excluding hydrogens is 356 g/mol. The van der Waals surface area contributed by atoms with Crippen molar-refractivity contribution in [3.63, 3.8) is 0 Å². The molecule has 7 nitrogen and oxygen atoms in total. The molecule has 0 saturated carbocycles. The van der Waals surface area contributed by atoms with Gasteiger partial charge in [-0.05, 0) is 43.5 Å². The smallest absolute Gasteiger partial charge is 0.258 e. The Morgan fingerprint density at radius 2 is 1.68 bits per heavy atom. The Kier molecular flexibility index (Phi) is 8.68. The normalized spacial score (nSPS) is 11.0. The van der Waals surface area contributed by atoms with E-state index < -0.39 is 0 Å². The molecule has 7 heteroatoms. The monoisotopic (exact) mass is 386 g/mol. The van der Waals surface area contributed by atoms with Gasteiger partial charge in [-0.1, -0.05) is 32.0 Å². The third-order valence-electron chi connectivity index (χ3n) is 4.48. The number of carbonyl (C=O) groups is 2. The number of hydrogen-bond acceptors (Lipinski definition) is 4. The second-order valence-electron chi connectivity index (χ2n) is 6.80. The van der Waals surface area contributed by atoms with Gasteiger partial charge < -0.3 is 20.1 Å². The summed E-state index contributed by atoms with van der Waals surface area (Å²) in [5.41, 5.74) is -0.218. The molecule has 0 atom stereocenters. The lowest BCUT2D eigenvalue weighted by Crippen LogP contribution is -2.42. The SMILES string of the molecule is CCCN(CCC)CCNC(=O)CNC(=O)Cn1ccc2ccccc2c1=O. The lowest BCUT2D eigenvalue weighted by molar-refractivity contribution is -0.126. The minimum absolute atomic E-state index is 0.0945. The molecule has 152 valence electrons. The highest BCUT2D eigenvalue weighted by molar-refractivity contribution is 5.85. The van der Waals surface area contributed by atoms with Crippen molar-refractivity contribution in [3.05, 3.63) is 46.9 Å². The molecule has 0 aliphatic rings. The summed E-state index contributed by atoms with van der Waals surface area (Å²) in [4.78, 5) is 38.7. The van der Waals surface area contributed by atoms with Crippen LogP contribution in [0.25, 0.3) is 10.8 Å². The number of hydrogen-bond donors (Lipinski definition) is 2. The van der Waals surface area contributed by atoms with Gasteiger partial charge in [0.25, 0.3) is 5.56 Å². The number of pyridine rings is 1. The molecule has 2 amide bonds. The number of nitrogens with one attached hydrogen (secondary N) is 2.